The van der Waals surface area contributed by atoms with Gasteiger partial charge >= 0.3 is 0 Å². The van der Waals surface area contributed by atoms with Crippen molar-refractivity contribution < 1.29 is 17.8 Å². The molecule has 0 aromatic carbocycles. The molecule has 0 aliphatic rings. The molecule has 3 N–H and O–H groups in total. The highest BCUT2D eigenvalue weighted by Gasteiger charge is 1.97. The topological polar surface area (TPSA) is 97.5 Å². The molecule has 0 aromatic heterocycles. The van der Waals surface area contributed by atoms with Gasteiger partial charge in [0.05, 0.1) is 5.75 Å². The third-order valence-corrected chi connectivity index (χ3v) is 1.94. The Morgan fingerprint density at radius 1 is 1.50 bits per heavy atom. The van der Waals surface area contributed by atoms with Crippen molar-refractivity contribution in [2.24, 2.45) is 5.73 Å². The summed E-state index contributed by atoms with van der Waals surface area (Å²) in [5.74, 6) is -0.139. The van der Waals surface area contributed by atoms with E-state index in [-0.39, 0.29) is 11.5 Å². The van der Waals surface area contributed by atoms with Crippen LogP contribution < -0.4 is 5.73 Å². The molecule has 0 aromatic rings. The second-order valence-corrected chi connectivity index (χ2v) is 4.35. The summed E-state index contributed by atoms with van der Waals surface area (Å²) >= 11 is 0. The highest BCUT2D eigenvalue weighted by Crippen LogP contribution is 1.91. The highest BCUT2D eigenvalue weighted by molar-refractivity contribution is 7.85. The smallest absolute Gasteiger partial charge is 0.264 e. The van der Waals surface area contributed by atoms with Gasteiger partial charge in [0.15, 0.2) is 5.78 Å². The van der Waals surface area contributed by atoms with Crippen LogP contribution in [-0.4, -0.2) is 31.1 Å². The largest absolute Gasteiger partial charge is 0.330 e. The Bertz CT molecular complexity index is 282. The van der Waals surface area contributed by atoms with Crippen molar-refractivity contribution in [3.8, 4) is 0 Å². The summed E-state index contributed by atoms with van der Waals surface area (Å²) in [4.78, 5) is 10.6. The Labute approximate surface area is 84.7 Å². The van der Waals surface area contributed by atoms with Gasteiger partial charge in [-0.15, -0.1) is 0 Å². The molecule has 0 heterocycles. The lowest BCUT2D eigenvalue weighted by Crippen LogP contribution is -2.07. The number of carbonyl (C=O) groups is 1. The number of carbonyl (C=O) groups excluding carboxylic acids is 1. The number of hydrogen-bond donors (Lipinski definition) is 2. The molecule has 0 aliphatic heterocycles. The van der Waals surface area contributed by atoms with E-state index < -0.39 is 10.1 Å². The average Bonchev–Trinajstić information content (AvgIpc) is 2.04. The van der Waals surface area contributed by atoms with Crippen LogP contribution in [0.5, 0.6) is 0 Å². The van der Waals surface area contributed by atoms with Crippen molar-refractivity contribution in [2.45, 2.75) is 20.3 Å². The number of Topliss-reactive ketones (excluding diaryl/α,β-unsaturated/α-hetero) is 1. The summed E-state index contributed by atoms with van der Waals surface area (Å²) in [6, 6.07) is 0. The predicted molar refractivity (Wildman–Crippen MR) is 55.6 cm³/mol. The van der Waals surface area contributed by atoms with Gasteiger partial charge in [0.1, 0.15) is 0 Å². The van der Waals surface area contributed by atoms with E-state index in [1.54, 1.807) is 6.92 Å². The maximum Gasteiger partial charge on any atom is 0.264 e. The molecule has 84 valence electrons. The van der Waals surface area contributed by atoms with Crippen molar-refractivity contribution in [1.29, 1.82) is 0 Å². The summed E-state index contributed by atoms with van der Waals surface area (Å²) < 4.78 is 26.9. The summed E-state index contributed by atoms with van der Waals surface area (Å²) in [6.07, 6.45) is 0.426. The highest BCUT2D eigenvalue weighted by atomic mass is 32.2. The van der Waals surface area contributed by atoms with Crippen LogP contribution in [0.1, 0.15) is 20.3 Å². The third-order valence-electron chi connectivity index (χ3n) is 1.21. The molecule has 0 fully saturated rings. The predicted octanol–water partition coefficient (Wildman–Crippen LogP) is 0.375. The Balaban J connectivity index is 0. The minimum Gasteiger partial charge on any atom is -0.330 e. The zero-order chi connectivity index (χ0) is 11.8. The van der Waals surface area contributed by atoms with E-state index in [2.05, 4.69) is 6.58 Å². The van der Waals surface area contributed by atoms with Gasteiger partial charge in [-0.3, -0.25) is 9.35 Å². The zero-order valence-electron chi connectivity index (χ0n) is 8.49. The number of rotatable bonds is 4. The Morgan fingerprint density at radius 2 is 1.86 bits per heavy atom. The second-order valence-electron chi connectivity index (χ2n) is 2.61. The standard InChI is InChI=1S/C6H11NO.C2H6O3S/c1-5(2)6(8)3-4-7;1-2-6(3,4)5/h1,3-4,7H2,2H3;2H2,1H3,(H,3,4,5). The number of ketones is 1. The molecule has 0 bridgehead atoms. The van der Waals surface area contributed by atoms with Crippen molar-refractivity contribution in [1.82, 2.24) is 0 Å². The summed E-state index contributed by atoms with van der Waals surface area (Å²) in [5, 5.41) is 0. The molecule has 0 rings (SSSR count). The first-order chi connectivity index (χ1) is 6.24. The number of nitrogens with two attached hydrogens (primary N) is 1. The molecule has 5 nitrogen and oxygen atoms in total. The van der Waals surface area contributed by atoms with Crippen LogP contribution in [0, 0.1) is 0 Å². The van der Waals surface area contributed by atoms with Gasteiger partial charge in [-0.2, -0.15) is 8.42 Å². The van der Waals surface area contributed by atoms with Crippen LogP contribution in [0.4, 0.5) is 0 Å². The van der Waals surface area contributed by atoms with Crippen molar-refractivity contribution in [2.75, 3.05) is 12.3 Å². The van der Waals surface area contributed by atoms with Gasteiger partial charge in [0, 0.05) is 6.42 Å². The van der Waals surface area contributed by atoms with Crippen molar-refractivity contribution in [3.63, 3.8) is 0 Å². The first-order valence-electron chi connectivity index (χ1n) is 4.08. The maximum absolute atomic E-state index is 10.6. The molecule has 0 saturated heterocycles. The molecule has 0 spiro atoms. The Kier molecular flexibility index (Phi) is 8.61. The molecular formula is C8H17NO4S. The molecule has 0 unspecified atom stereocenters. The maximum atomic E-state index is 10.6. The second kappa shape index (κ2) is 7.66. The Morgan fingerprint density at radius 3 is 1.93 bits per heavy atom. The molecular weight excluding hydrogens is 206 g/mol. The van der Waals surface area contributed by atoms with E-state index in [4.69, 9.17) is 10.3 Å². The van der Waals surface area contributed by atoms with Gasteiger partial charge in [0.2, 0.25) is 0 Å². The van der Waals surface area contributed by atoms with E-state index in [9.17, 15) is 13.2 Å². The number of hydrogen-bond acceptors (Lipinski definition) is 4. The summed E-state index contributed by atoms with van der Waals surface area (Å²) in [5.41, 5.74) is 5.70. The minimum absolute atomic E-state index is 0.0625. The fraction of sp³-hybridized carbons (Fsp3) is 0.625. The lowest BCUT2D eigenvalue weighted by Gasteiger charge is -1.92. The van der Waals surface area contributed by atoms with Crippen LogP contribution in [-0.2, 0) is 14.9 Å². The SMILES string of the molecule is C=C(C)C(=O)CCN.CCS(=O)(=O)O. The van der Waals surface area contributed by atoms with E-state index in [1.165, 1.54) is 6.92 Å². The van der Waals surface area contributed by atoms with Crippen LogP contribution in [0.3, 0.4) is 0 Å². The minimum atomic E-state index is -3.66. The van der Waals surface area contributed by atoms with Gasteiger partial charge in [-0.1, -0.05) is 6.58 Å². The quantitative estimate of drug-likeness (QED) is 0.530. The molecule has 0 atom stereocenters. The van der Waals surface area contributed by atoms with Gasteiger partial charge < -0.3 is 5.73 Å². The molecule has 14 heavy (non-hydrogen) atoms. The summed E-state index contributed by atoms with van der Waals surface area (Å²) in [7, 11) is -3.66. The number of allylic oxidation sites excluding steroid dienone is 1. The fourth-order valence-electron chi connectivity index (χ4n) is 0.344. The molecule has 0 aliphatic carbocycles. The normalized spacial score (nSPS) is 10.0. The molecule has 0 amide bonds. The summed E-state index contributed by atoms with van der Waals surface area (Å²) in [6.45, 7) is 6.95. The van der Waals surface area contributed by atoms with Crippen LogP contribution >= 0.6 is 0 Å². The Hall–Kier alpha value is -0.720. The fourth-order valence-corrected chi connectivity index (χ4v) is 0.344. The van der Waals surface area contributed by atoms with Gasteiger partial charge in [-0.25, -0.2) is 0 Å². The van der Waals surface area contributed by atoms with Crippen molar-refractivity contribution in [3.05, 3.63) is 12.2 Å². The van der Waals surface area contributed by atoms with E-state index in [0.717, 1.165) is 0 Å². The first-order valence-corrected chi connectivity index (χ1v) is 5.69. The lowest BCUT2D eigenvalue weighted by atomic mass is 10.2. The van der Waals surface area contributed by atoms with Gasteiger partial charge in [0.25, 0.3) is 10.1 Å². The van der Waals surface area contributed by atoms with Crippen LogP contribution in [0.15, 0.2) is 12.2 Å². The molecule has 0 radical (unpaired) electrons. The van der Waals surface area contributed by atoms with E-state index in [1.807, 2.05) is 0 Å². The zero-order valence-corrected chi connectivity index (χ0v) is 9.30. The molecule has 0 saturated carbocycles. The van der Waals surface area contributed by atoms with Crippen molar-refractivity contribution >= 4 is 15.9 Å². The van der Waals surface area contributed by atoms with Gasteiger partial charge in [-0.05, 0) is 26.0 Å². The van der Waals surface area contributed by atoms with Crippen LogP contribution in [0.2, 0.25) is 0 Å². The van der Waals surface area contributed by atoms with Crippen LogP contribution in [0.25, 0.3) is 0 Å². The third kappa shape index (κ3) is 13.8. The lowest BCUT2D eigenvalue weighted by molar-refractivity contribution is -0.115. The van der Waals surface area contributed by atoms with E-state index >= 15 is 0 Å². The monoisotopic (exact) mass is 223 g/mol. The average molecular weight is 223 g/mol. The molecule has 6 heteroatoms. The first kappa shape index (κ1) is 15.7. The van der Waals surface area contributed by atoms with E-state index in [0.29, 0.717) is 18.5 Å².